The molecule has 2 aliphatic heterocycles. The molecule has 3 aliphatic rings. The first-order valence-corrected chi connectivity index (χ1v) is 13.3. The lowest BCUT2D eigenvalue weighted by molar-refractivity contribution is 0.421. The first-order chi connectivity index (χ1) is 16.4. The Hall–Kier alpha value is -2.80. The second-order valence-corrected chi connectivity index (χ2v) is 10.5. The number of piperidine rings is 1. The number of nitrogens with zero attached hydrogens (tertiary/aromatic N) is 6. The molecule has 7 heteroatoms. The van der Waals surface area contributed by atoms with E-state index in [-0.39, 0.29) is 6.04 Å². The number of thiophene rings is 1. The molecule has 1 unspecified atom stereocenters. The van der Waals surface area contributed by atoms with Gasteiger partial charge in [0.25, 0.3) is 0 Å². The smallest absolute Gasteiger partial charge is 0.155 e. The van der Waals surface area contributed by atoms with Gasteiger partial charge in [-0.15, -0.1) is 21.5 Å². The van der Waals surface area contributed by atoms with Crippen molar-refractivity contribution in [1.29, 1.82) is 0 Å². The molecule has 7 rings (SSSR count). The van der Waals surface area contributed by atoms with E-state index in [2.05, 4.69) is 50.3 Å². The van der Waals surface area contributed by atoms with Crippen LogP contribution < -0.4 is 4.90 Å². The fourth-order valence-electron chi connectivity index (χ4n) is 5.53. The Morgan fingerprint density at radius 1 is 0.879 bits per heavy atom. The summed E-state index contributed by atoms with van der Waals surface area (Å²) in [6.07, 6.45) is 9.43. The normalized spacial score (nSPS) is 20.8. The summed E-state index contributed by atoms with van der Waals surface area (Å²) >= 11 is 1.76. The van der Waals surface area contributed by atoms with Crippen LogP contribution in [0.2, 0.25) is 0 Å². The fraction of sp³-hybridized carbons (Fsp3) is 0.462. The molecule has 3 aromatic heterocycles. The van der Waals surface area contributed by atoms with Crippen molar-refractivity contribution in [2.24, 2.45) is 0 Å². The van der Waals surface area contributed by atoms with Gasteiger partial charge in [-0.2, -0.15) is 0 Å². The molecule has 2 fully saturated rings. The van der Waals surface area contributed by atoms with Gasteiger partial charge in [-0.1, -0.05) is 30.3 Å². The van der Waals surface area contributed by atoms with Gasteiger partial charge in [0.1, 0.15) is 22.3 Å². The summed E-state index contributed by atoms with van der Waals surface area (Å²) in [4.78, 5) is 14.0. The Balaban J connectivity index is 1.41. The molecule has 0 N–H and O–H groups in total. The van der Waals surface area contributed by atoms with Crippen LogP contribution in [0.3, 0.4) is 0 Å². The Bertz CT molecular complexity index is 1310. The molecule has 1 aliphatic carbocycles. The number of benzene rings is 1. The summed E-state index contributed by atoms with van der Waals surface area (Å²) in [6, 6.07) is 10.9. The molecule has 1 aromatic carbocycles. The lowest BCUT2D eigenvalue weighted by Gasteiger charge is -2.37. The van der Waals surface area contributed by atoms with Crippen LogP contribution in [0.25, 0.3) is 21.3 Å². The van der Waals surface area contributed by atoms with Gasteiger partial charge in [0.05, 0.1) is 11.4 Å². The molecule has 0 radical (unpaired) electrons. The molecule has 1 saturated heterocycles. The van der Waals surface area contributed by atoms with Gasteiger partial charge < -0.3 is 9.47 Å². The van der Waals surface area contributed by atoms with Crippen molar-refractivity contribution in [2.45, 2.75) is 69.9 Å². The van der Waals surface area contributed by atoms with E-state index in [0.717, 1.165) is 54.1 Å². The maximum Gasteiger partial charge on any atom is 0.155 e. The van der Waals surface area contributed by atoms with Gasteiger partial charge in [-0.3, -0.25) is 0 Å². The third kappa shape index (κ3) is 3.36. The number of aryl methyl sites for hydroxylation is 1. The highest BCUT2D eigenvalue weighted by molar-refractivity contribution is 7.17. The van der Waals surface area contributed by atoms with Gasteiger partial charge in [-0.25, -0.2) is 9.97 Å². The number of anilines is 1. The first-order valence-electron chi connectivity index (χ1n) is 12.4. The fourth-order valence-corrected chi connectivity index (χ4v) is 6.48. The van der Waals surface area contributed by atoms with Crippen LogP contribution in [-0.2, 0) is 13.0 Å². The Morgan fingerprint density at radius 2 is 1.76 bits per heavy atom. The van der Waals surface area contributed by atoms with E-state index in [0.29, 0.717) is 5.92 Å². The molecular weight excluding hydrogens is 428 g/mol. The summed E-state index contributed by atoms with van der Waals surface area (Å²) in [6.45, 7) is 2.05. The van der Waals surface area contributed by atoms with Crippen molar-refractivity contribution < 1.29 is 0 Å². The van der Waals surface area contributed by atoms with Crippen LogP contribution >= 0.6 is 11.3 Å². The van der Waals surface area contributed by atoms with Crippen molar-refractivity contribution in [2.75, 3.05) is 11.4 Å². The van der Waals surface area contributed by atoms with Crippen LogP contribution in [0.4, 0.5) is 5.82 Å². The van der Waals surface area contributed by atoms with Gasteiger partial charge >= 0.3 is 0 Å². The molecule has 0 spiro atoms. The minimum atomic E-state index is 0.228. The lowest BCUT2D eigenvalue weighted by atomic mass is 9.99. The molecule has 0 amide bonds. The van der Waals surface area contributed by atoms with E-state index in [1.807, 2.05) is 0 Å². The van der Waals surface area contributed by atoms with Gasteiger partial charge in [-0.05, 0) is 50.5 Å². The van der Waals surface area contributed by atoms with Crippen LogP contribution in [0, 0.1) is 0 Å². The second kappa shape index (κ2) is 7.90. The van der Waals surface area contributed by atoms with Crippen molar-refractivity contribution in [3.05, 3.63) is 53.2 Å². The van der Waals surface area contributed by atoms with Gasteiger partial charge in [0.15, 0.2) is 5.82 Å². The summed E-state index contributed by atoms with van der Waals surface area (Å²) in [7, 11) is 0. The highest BCUT2D eigenvalue weighted by atomic mass is 32.1. The van der Waals surface area contributed by atoms with E-state index >= 15 is 0 Å². The number of aromatic nitrogens is 5. The SMILES string of the molecule is c1ccc(-c2csc3nc(C4CC4)nc(N4CCCCC4c4nnc5n4CCCC5)c23)cc1. The van der Waals surface area contributed by atoms with Crippen molar-refractivity contribution >= 4 is 27.4 Å². The average Bonchev–Trinajstić information content (AvgIpc) is 3.50. The molecule has 6 nitrogen and oxygen atoms in total. The maximum absolute atomic E-state index is 5.28. The van der Waals surface area contributed by atoms with E-state index in [1.54, 1.807) is 11.3 Å². The average molecular weight is 457 g/mol. The minimum Gasteiger partial charge on any atom is -0.346 e. The predicted octanol–water partition coefficient (Wildman–Crippen LogP) is 5.90. The number of hydrogen-bond acceptors (Lipinski definition) is 6. The summed E-state index contributed by atoms with van der Waals surface area (Å²) < 4.78 is 2.40. The standard InChI is InChI=1S/C26H28N6S/c1-2-8-17(9-3-1)19-16-33-26-22(19)25(27-23(28-26)18-12-13-18)31-14-6-4-10-20(31)24-30-29-21-11-5-7-15-32(21)24/h1-3,8-9,16,18,20H,4-7,10-15H2. The molecule has 4 aromatic rings. The molecule has 1 saturated carbocycles. The zero-order chi connectivity index (χ0) is 21.8. The van der Waals surface area contributed by atoms with E-state index in [1.165, 1.54) is 55.0 Å². The maximum atomic E-state index is 5.28. The third-order valence-corrected chi connectivity index (χ3v) is 8.29. The van der Waals surface area contributed by atoms with E-state index in [4.69, 9.17) is 15.1 Å². The largest absolute Gasteiger partial charge is 0.346 e. The minimum absolute atomic E-state index is 0.228. The monoisotopic (exact) mass is 456 g/mol. The van der Waals surface area contributed by atoms with Crippen LogP contribution in [0.5, 0.6) is 0 Å². The quantitative estimate of drug-likeness (QED) is 0.383. The number of fused-ring (bicyclic) bond motifs is 2. The van der Waals surface area contributed by atoms with Gasteiger partial charge in [0.2, 0.25) is 0 Å². The van der Waals surface area contributed by atoms with E-state index in [9.17, 15) is 0 Å². The highest BCUT2D eigenvalue weighted by Crippen LogP contribution is 2.46. The molecule has 168 valence electrons. The second-order valence-electron chi connectivity index (χ2n) is 9.66. The van der Waals surface area contributed by atoms with Crippen molar-refractivity contribution in [3.8, 4) is 11.1 Å². The summed E-state index contributed by atoms with van der Waals surface area (Å²) in [5.41, 5.74) is 2.49. The molecular formula is C26H28N6S. The van der Waals surface area contributed by atoms with Gasteiger partial charge in [0, 0.05) is 36.4 Å². The molecule has 33 heavy (non-hydrogen) atoms. The number of hydrogen-bond donors (Lipinski definition) is 0. The molecule has 1 atom stereocenters. The zero-order valence-corrected chi connectivity index (χ0v) is 19.6. The Morgan fingerprint density at radius 3 is 2.64 bits per heavy atom. The molecule has 5 heterocycles. The predicted molar refractivity (Wildman–Crippen MR) is 132 cm³/mol. The Kier molecular flexibility index (Phi) is 4.71. The summed E-state index contributed by atoms with van der Waals surface area (Å²) in [5, 5.41) is 12.8. The zero-order valence-electron chi connectivity index (χ0n) is 18.8. The first kappa shape index (κ1) is 19.6. The van der Waals surface area contributed by atoms with E-state index < -0.39 is 0 Å². The van der Waals surface area contributed by atoms with Crippen LogP contribution in [0.15, 0.2) is 35.7 Å². The topological polar surface area (TPSA) is 59.7 Å². The third-order valence-electron chi connectivity index (χ3n) is 7.42. The van der Waals surface area contributed by atoms with Crippen molar-refractivity contribution in [1.82, 2.24) is 24.7 Å². The Labute approximate surface area is 197 Å². The van der Waals surface area contributed by atoms with Crippen molar-refractivity contribution in [3.63, 3.8) is 0 Å². The van der Waals surface area contributed by atoms with Crippen LogP contribution in [0.1, 0.15) is 74.4 Å². The summed E-state index contributed by atoms with van der Waals surface area (Å²) in [5.74, 6) is 4.97. The molecule has 0 bridgehead atoms. The highest BCUT2D eigenvalue weighted by Gasteiger charge is 2.35. The number of rotatable bonds is 4. The van der Waals surface area contributed by atoms with Crippen LogP contribution in [-0.4, -0.2) is 31.3 Å². The lowest BCUT2D eigenvalue weighted by Crippen LogP contribution is -2.36.